The van der Waals surface area contributed by atoms with E-state index in [4.69, 9.17) is 23.5 Å². The first-order valence-corrected chi connectivity index (χ1v) is 10.2. The number of aliphatic hydroxyl groups is 1. The van der Waals surface area contributed by atoms with E-state index in [1.54, 1.807) is 0 Å². The fraction of sp³-hybridized carbons (Fsp3) is 0.667. The highest BCUT2D eigenvalue weighted by Gasteiger charge is 2.50. The predicted molar refractivity (Wildman–Crippen MR) is 94.6 cm³/mol. The summed E-state index contributed by atoms with van der Waals surface area (Å²) in [6, 6.07) is 9.76. The zero-order valence-corrected chi connectivity index (χ0v) is 15.7. The summed E-state index contributed by atoms with van der Waals surface area (Å²) in [4.78, 5) is 0. The van der Waals surface area contributed by atoms with Gasteiger partial charge in [0.2, 0.25) is 0 Å². The van der Waals surface area contributed by atoms with Gasteiger partial charge in [0.05, 0.1) is 6.61 Å². The molecule has 2 saturated heterocycles. The van der Waals surface area contributed by atoms with E-state index in [1.807, 2.05) is 37.0 Å². The Kier molecular flexibility index (Phi) is 7.19. The number of rotatable bonds is 7. The van der Waals surface area contributed by atoms with Gasteiger partial charge < -0.3 is 28.6 Å². The molecule has 7 atom stereocenters. The van der Waals surface area contributed by atoms with E-state index in [9.17, 15) is 5.11 Å². The van der Waals surface area contributed by atoms with Crippen molar-refractivity contribution in [1.29, 1.82) is 0 Å². The second kappa shape index (κ2) is 9.38. The highest BCUT2D eigenvalue weighted by Crippen LogP contribution is 2.36. The lowest BCUT2D eigenvalue weighted by Crippen LogP contribution is -2.62. The van der Waals surface area contributed by atoms with Crippen LogP contribution < -0.4 is 0 Å². The third-order valence-electron chi connectivity index (χ3n) is 4.42. The molecule has 5 unspecified atom stereocenters. The molecule has 1 N–H and O–H groups in total. The number of aliphatic hydroxyl groups excluding tert-OH is 1. The van der Waals surface area contributed by atoms with Crippen LogP contribution in [-0.2, 0) is 23.5 Å². The van der Waals surface area contributed by atoms with E-state index >= 15 is 0 Å². The smallest absolute Gasteiger partial charge is 0.189 e. The molecule has 0 spiro atoms. The molecule has 2 aliphatic rings. The van der Waals surface area contributed by atoms with Crippen LogP contribution in [0.1, 0.15) is 31.6 Å². The Morgan fingerprint density at radius 3 is 2.76 bits per heavy atom. The van der Waals surface area contributed by atoms with Gasteiger partial charge in [-0.05, 0) is 13.1 Å². The average Bonchev–Trinajstić information content (AvgIpc) is 2.65. The number of benzene rings is 1. The van der Waals surface area contributed by atoms with Gasteiger partial charge in [0, 0.05) is 21.0 Å². The van der Waals surface area contributed by atoms with Crippen molar-refractivity contribution in [3.8, 4) is 0 Å². The number of unbranched alkanes of at least 4 members (excludes halogenated alkanes) is 1. The van der Waals surface area contributed by atoms with Gasteiger partial charge in [-0.2, -0.15) is 0 Å². The summed E-state index contributed by atoms with van der Waals surface area (Å²) in [5.41, 5.74) is 0.941. The standard InChI is InChI=1S/C18H27O6P/c1-3-4-10-20-16-14(19)18(24-25-2)22-13-11-21-17(23-15(13)16)12-8-6-5-7-9-12/h5-9,13-19,25H,3-4,10-11H2,1-2H3/t13?,14?,15-,16?,17?,18-/m1/s1. The van der Waals surface area contributed by atoms with Crippen molar-refractivity contribution < 1.29 is 28.6 Å². The molecule has 6 nitrogen and oxygen atoms in total. The predicted octanol–water partition coefficient (Wildman–Crippen LogP) is 2.61. The van der Waals surface area contributed by atoms with E-state index < -0.39 is 30.9 Å². The summed E-state index contributed by atoms with van der Waals surface area (Å²) in [6.07, 6.45) is -1.34. The SMILES string of the molecule is CCCCOC1C(O)[C@@H](OPC)OC2COC(c3ccccc3)O[C@H]21. The van der Waals surface area contributed by atoms with Crippen molar-refractivity contribution in [2.24, 2.45) is 0 Å². The molecule has 1 aromatic carbocycles. The van der Waals surface area contributed by atoms with Gasteiger partial charge in [0.25, 0.3) is 0 Å². The van der Waals surface area contributed by atoms with Crippen LogP contribution in [0.15, 0.2) is 30.3 Å². The van der Waals surface area contributed by atoms with Crippen LogP contribution >= 0.6 is 8.81 Å². The Labute approximate surface area is 150 Å². The molecule has 2 aliphatic heterocycles. The fourth-order valence-corrected chi connectivity index (χ4v) is 3.54. The van der Waals surface area contributed by atoms with Crippen LogP contribution in [0.4, 0.5) is 0 Å². The van der Waals surface area contributed by atoms with Crippen molar-refractivity contribution in [2.45, 2.75) is 56.8 Å². The molecular weight excluding hydrogens is 343 g/mol. The maximum Gasteiger partial charge on any atom is 0.189 e. The van der Waals surface area contributed by atoms with Crippen molar-refractivity contribution in [1.82, 2.24) is 0 Å². The van der Waals surface area contributed by atoms with Gasteiger partial charge >= 0.3 is 0 Å². The minimum atomic E-state index is -0.889. The lowest BCUT2D eigenvalue weighted by atomic mass is 9.97. The number of fused-ring (bicyclic) bond motifs is 1. The number of hydrogen-bond donors (Lipinski definition) is 1. The highest BCUT2D eigenvalue weighted by molar-refractivity contribution is 7.31. The van der Waals surface area contributed by atoms with Crippen LogP contribution in [0.25, 0.3) is 0 Å². The van der Waals surface area contributed by atoms with E-state index in [0.29, 0.717) is 13.2 Å². The maximum atomic E-state index is 10.7. The fourth-order valence-electron chi connectivity index (χ4n) is 3.11. The number of hydrogen-bond acceptors (Lipinski definition) is 6. The first kappa shape index (κ1) is 19.2. The second-order valence-corrected chi connectivity index (χ2v) is 6.87. The molecule has 0 aliphatic carbocycles. The molecular formula is C18H27O6P. The minimum absolute atomic E-state index is 0.219. The van der Waals surface area contributed by atoms with Gasteiger partial charge in [-0.1, -0.05) is 43.7 Å². The molecule has 0 aromatic heterocycles. The van der Waals surface area contributed by atoms with Crippen LogP contribution in [-0.4, -0.2) is 55.7 Å². The van der Waals surface area contributed by atoms with Crippen molar-refractivity contribution in [2.75, 3.05) is 19.9 Å². The first-order chi connectivity index (χ1) is 12.2. The molecule has 0 radical (unpaired) electrons. The molecule has 3 rings (SSSR count). The molecule has 1 aromatic rings. The van der Waals surface area contributed by atoms with Gasteiger partial charge in [-0.25, -0.2) is 0 Å². The Hall–Kier alpha value is -0.590. The van der Waals surface area contributed by atoms with E-state index in [1.165, 1.54) is 0 Å². The summed E-state index contributed by atoms with van der Waals surface area (Å²) in [5.74, 6) is 0. The average molecular weight is 370 g/mol. The monoisotopic (exact) mass is 370 g/mol. The van der Waals surface area contributed by atoms with Crippen LogP contribution in [0.3, 0.4) is 0 Å². The molecule has 7 heteroatoms. The van der Waals surface area contributed by atoms with Gasteiger partial charge in [-0.15, -0.1) is 0 Å². The molecule has 0 saturated carbocycles. The molecule has 0 amide bonds. The summed E-state index contributed by atoms with van der Waals surface area (Å²) in [7, 11) is 0.219. The Morgan fingerprint density at radius 2 is 2.04 bits per heavy atom. The second-order valence-electron chi connectivity index (χ2n) is 6.22. The highest BCUT2D eigenvalue weighted by atomic mass is 31.1. The van der Waals surface area contributed by atoms with E-state index in [-0.39, 0.29) is 14.9 Å². The zero-order valence-electron chi connectivity index (χ0n) is 14.7. The minimum Gasteiger partial charge on any atom is -0.385 e. The van der Waals surface area contributed by atoms with Gasteiger partial charge in [0.1, 0.15) is 24.4 Å². The molecule has 0 bridgehead atoms. The molecule has 140 valence electrons. The summed E-state index contributed by atoms with van der Waals surface area (Å²) >= 11 is 0. The summed E-state index contributed by atoms with van der Waals surface area (Å²) < 4.78 is 29.4. The van der Waals surface area contributed by atoms with Gasteiger partial charge in [0.15, 0.2) is 12.6 Å². The topological polar surface area (TPSA) is 66.4 Å². The third kappa shape index (κ3) is 4.58. The van der Waals surface area contributed by atoms with E-state index in [2.05, 4.69) is 6.92 Å². The van der Waals surface area contributed by atoms with Crippen LogP contribution in [0.2, 0.25) is 0 Å². The largest absolute Gasteiger partial charge is 0.385 e. The van der Waals surface area contributed by atoms with E-state index in [0.717, 1.165) is 18.4 Å². The lowest BCUT2D eigenvalue weighted by Gasteiger charge is -2.47. The number of ether oxygens (including phenoxy) is 4. The lowest BCUT2D eigenvalue weighted by molar-refractivity contribution is -0.354. The van der Waals surface area contributed by atoms with Crippen molar-refractivity contribution in [3.63, 3.8) is 0 Å². The Balaban J connectivity index is 1.73. The zero-order chi connectivity index (χ0) is 17.6. The molecule has 2 heterocycles. The molecule has 25 heavy (non-hydrogen) atoms. The quantitative estimate of drug-likeness (QED) is 0.588. The molecule has 2 fully saturated rings. The third-order valence-corrected chi connectivity index (χ3v) is 4.89. The van der Waals surface area contributed by atoms with Crippen LogP contribution in [0.5, 0.6) is 0 Å². The van der Waals surface area contributed by atoms with Gasteiger partial charge in [-0.3, -0.25) is 0 Å². The first-order valence-electron chi connectivity index (χ1n) is 8.84. The summed E-state index contributed by atoms with van der Waals surface area (Å²) in [6.45, 7) is 4.95. The van der Waals surface area contributed by atoms with Crippen LogP contribution in [0, 0.1) is 0 Å². The maximum absolute atomic E-state index is 10.7. The Bertz CT molecular complexity index is 516. The van der Waals surface area contributed by atoms with Crippen molar-refractivity contribution in [3.05, 3.63) is 35.9 Å². The summed E-state index contributed by atoms with van der Waals surface area (Å²) in [5, 5.41) is 10.7. The van der Waals surface area contributed by atoms with Crippen molar-refractivity contribution >= 4 is 8.81 Å². The normalized spacial score (nSPS) is 35.8. The Morgan fingerprint density at radius 1 is 1.24 bits per heavy atom.